The standard InChI is InChI=1S/C50H62N6O8/c1-9-43(58)54-21-19-33(28-54)47(60)53(7)44(30(3)4)46(59)51-40-24-31-22-34(25-35(57)23-31)32-17-18-41-37(26-32)38(45(55(41)10-2)36-14-11-12-16-42(36)63-8)27-50(5,6)29-64-49(62)39-15-13-20-56(52-39)48(40)61/h9,11-12,14,16-18,22-23,25-26,30,33,39-40,44,52,57H,1,10,13,15,19-21,24,27-29H2,2-8H3,(H,51,59)/t33-,39-,40-,44-/m0/s1. The van der Waals surface area contributed by atoms with E-state index >= 15 is 0 Å². The number of para-hydroxylation sites is 1. The second-order valence-corrected chi connectivity index (χ2v) is 18.5. The van der Waals surface area contributed by atoms with Gasteiger partial charge in [-0.15, -0.1) is 0 Å². The molecule has 3 N–H and O–H groups in total. The van der Waals surface area contributed by atoms with Crippen LogP contribution in [0, 0.1) is 17.3 Å². The molecule has 14 heteroatoms. The molecule has 4 amide bonds. The van der Waals surface area contributed by atoms with Gasteiger partial charge < -0.3 is 34.3 Å². The van der Waals surface area contributed by atoms with Crippen LogP contribution in [0.15, 0.2) is 73.3 Å². The van der Waals surface area contributed by atoms with Crippen LogP contribution in [0.4, 0.5) is 0 Å². The molecular weight excluding hydrogens is 813 g/mol. The van der Waals surface area contributed by atoms with Crippen molar-refractivity contribution >= 4 is 40.5 Å². The van der Waals surface area contributed by atoms with E-state index in [-0.39, 0.29) is 49.6 Å². The topological polar surface area (TPSA) is 163 Å². The van der Waals surface area contributed by atoms with Crippen molar-refractivity contribution in [2.75, 3.05) is 40.4 Å². The van der Waals surface area contributed by atoms with Crippen LogP contribution in [0.2, 0.25) is 0 Å². The van der Waals surface area contributed by atoms with Crippen molar-refractivity contribution < 1.29 is 38.6 Å². The van der Waals surface area contributed by atoms with Crippen LogP contribution < -0.4 is 15.5 Å². The van der Waals surface area contributed by atoms with E-state index in [9.17, 15) is 29.1 Å². The molecule has 2 fully saturated rings. The first-order valence-corrected chi connectivity index (χ1v) is 22.4. The summed E-state index contributed by atoms with van der Waals surface area (Å²) in [5.74, 6) is -2.10. The molecule has 0 radical (unpaired) electrons. The lowest BCUT2D eigenvalue weighted by Crippen LogP contribution is -2.62. The Kier molecular flexibility index (Phi) is 13.5. The minimum atomic E-state index is -1.16. The molecule has 14 nitrogen and oxygen atoms in total. The summed E-state index contributed by atoms with van der Waals surface area (Å²) < 4.78 is 14.3. The quantitative estimate of drug-likeness (QED) is 0.138. The molecule has 3 aliphatic rings. The zero-order valence-electron chi connectivity index (χ0n) is 38.1. The number of carbonyl (C=O) groups excluding carboxylic acids is 5. The lowest BCUT2D eigenvalue weighted by molar-refractivity contribution is -0.155. The summed E-state index contributed by atoms with van der Waals surface area (Å²) in [5, 5.41) is 16.7. The zero-order chi connectivity index (χ0) is 46.0. The SMILES string of the molecule is C=CC(=O)N1CC[C@H](C(=O)N(C)[C@H](C(=O)N[C@H]2Cc3cc(O)cc(c3)-c3ccc4c(c3)c(c(-c3ccccc3OC)n4CC)CC(C)(C)COC(=O)[C@@H]3CCCN(N3)C2=O)C(C)C)C1. The lowest BCUT2D eigenvalue weighted by atomic mass is 9.84. The Hall–Kier alpha value is -6.15. The molecule has 0 unspecified atom stereocenters. The fourth-order valence-corrected chi connectivity index (χ4v) is 9.75. The first kappa shape index (κ1) is 45.9. The summed E-state index contributed by atoms with van der Waals surface area (Å²) >= 11 is 0. The summed E-state index contributed by atoms with van der Waals surface area (Å²) in [6, 6.07) is 16.5. The molecule has 340 valence electrons. The van der Waals surface area contributed by atoms with Gasteiger partial charge >= 0.3 is 5.97 Å². The monoisotopic (exact) mass is 874 g/mol. The number of phenols is 1. The number of amides is 4. The Bertz CT molecular complexity index is 2460. The van der Waals surface area contributed by atoms with Crippen molar-refractivity contribution in [1.29, 1.82) is 0 Å². The molecule has 0 spiro atoms. The van der Waals surface area contributed by atoms with Crippen LogP contribution in [0.3, 0.4) is 0 Å². The third kappa shape index (κ3) is 9.38. The first-order chi connectivity index (χ1) is 30.5. The van der Waals surface area contributed by atoms with Gasteiger partial charge in [0.05, 0.1) is 25.3 Å². The number of hydrazine groups is 1. The number of carbonyl (C=O) groups is 5. The number of hydrogen-bond donors (Lipinski definition) is 3. The molecule has 2 saturated heterocycles. The third-order valence-corrected chi connectivity index (χ3v) is 12.9. The highest BCUT2D eigenvalue weighted by molar-refractivity contribution is 5.97. The van der Waals surface area contributed by atoms with Gasteiger partial charge in [0.15, 0.2) is 0 Å². The van der Waals surface area contributed by atoms with Gasteiger partial charge in [-0.2, -0.15) is 0 Å². The maximum absolute atomic E-state index is 14.7. The average molecular weight is 875 g/mol. The number of nitrogens with zero attached hydrogens (tertiary/aromatic N) is 4. The largest absolute Gasteiger partial charge is 0.508 e. The summed E-state index contributed by atoms with van der Waals surface area (Å²) in [5.41, 5.74) is 8.78. The van der Waals surface area contributed by atoms with Gasteiger partial charge in [0.1, 0.15) is 29.6 Å². The van der Waals surface area contributed by atoms with E-state index in [0.29, 0.717) is 44.3 Å². The van der Waals surface area contributed by atoms with E-state index in [1.807, 2.05) is 44.2 Å². The average Bonchev–Trinajstić information content (AvgIpc) is 3.89. The van der Waals surface area contributed by atoms with Crippen molar-refractivity contribution in [3.63, 3.8) is 0 Å². The minimum Gasteiger partial charge on any atom is -0.508 e. The number of aromatic hydroxyl groups is 1. The van der Waals surface area contributed by atoms with Crippen LogP contribution in [-0.2, 0) is 48.1 Å². The van der Waals surface area contributed by atoms with Gasteiger partial charge in [-0.25, -0.2) is 5.43 Å². The van der Waals surface area contributed by atoms with Gasteiger partial charge in [0, 0.05) is 61.5 Å². The Balaban J connectivity index is 1.30. The Labute approximate surface area is 375 Å². The number of aryl methyl sites for hydroxylation is 1. The number of benzene rings is 3. The molecule has 6 bridgehead atoms. The molecular formula is C50H62N6O8. The number of phenolic OH excluding ortho intramolecular Hbond substituents is 1. The van der Waals surface area contributed by atoms with Crippen LogP contribution in [0.25, 0.3) is 33.3 Å². The van der Waals surface area contributed by atoms with E-state index < -0.39 is 47.2 Å². The number of cyclic esters (lactones) is 1. The van der Waals surface area contributed by atoms with Crippen molar-refractivity contribution in [3.05, 3.63) is 84.4 Å². The fourth-order valence-electron chi connectivity index (χ4n) is 9.75. The number of rotatable bonds is 9. The summed E-state index contributed by atoms with van der Waals surface area (Å²) in [6.07, 6.45) is 3.19. The molecule has 64 heavy (non-hydrogen) atoms. The second kappa shape index (κ2) is 18.9. The number of esters is 1. The highest BCUT2D eigenvalue weighted by Gasteiger charge is 2.40. The van der Waals surface area contributed by atoms with Gasteiger partial charge in [-0.05, 0) is 103 Å². The van der Waals surface area contributed by atoms with Gasteiger partial charge in [0.2, 0.25) is 17.7 Å². The first-order valence-electron chi connectivity index (χ1n) is 22.4. The lowest BCUT2D eigenvalue weighted by Gasteiger charge is -2.37. The number of methoxy groups -OCH3 is 1. The fraction of sp³-hybridized carbons (Fsp3) is 0.460. The molecule has 0 saturated carbocycles. The van der Waals surface area contributed by atoms with Crippen molar-refractivity contribution in [2.24, 2.45) is 17.3 Å². The Morgan fingerprint density at radius 3 is 2.55 bits per heavy atom. The normalized spacial score (nSPS) is 20.7. The van der Waals surface area contributed by atoms with E-state index in [2.05, 4.69) is 60.9 Å². The van der Waals surface area contributed by atoms with Crippen LogP contribution in [0.5, 0.6) is 11.5 Å². The van der Waals surface area contributed by atoms with Crippen LogP contribution >= 0.6 is 0 Å². The number of aromatic nitrogens is 1. The molecule has 7 rings (SSSR count). The van der Waals surface area contributed by atoms with Crippen LogP contribution in [-0.4, -0.2) is 113 Å². The van der Waals surface area contributed by atoms with E-state index in [1.54, 1.807) is 31.2 Å². The molecule has 0 aliphatic carbocycles. The molecule has 3 aliphatic heterocycles. The third-order valence-electron chi connectivity index (χ3n) is 12.9. The van der Waals surface area contributed by atoms with Gasteiger partial charge in [0.25, 0.3) is 5.91 Å². The van der Waals surface area contributed by atoms with Crippen molar-refractivity contribution in [3.8, 4) is 33.9 Å². The number of likely N-dealkylation sites (tertiary alicyclic amines) is 1. The number of nitrogens with one attached hydrogen (secondary N) is 2. The second-order valence-electron chi connectivity index (χ2n) is 18.5. The number of ether oxygens (including phenoxy) is 2. The molecule has 4 aromatic rings. The number of hydrogen-bond acceptors (Lipinski definition) is 9. The highest BCUT2D eigenvalue weighted by Crippen LogP contribution is 2.43. The summed E-state index contributed by atoms with van der Waals surface area (Å²) in [4.78, 5) is 72.2. The van der Waals surface area contributed by atoms with Gasteiger partial charge in [-0.3, -0.25) is 29.0 Å². The molecule has 1 aromatic heterocycles. The number of fused-ring (bicyclic) bond motifs is 6. The zero-order valence-corrected chi connectivity index (χ0v) is 38.1. The maximum Gasteiger partial charge on any atom is 0.324 e. The smallest absolute Gasteiger partial charge is 0.324 e. The van der Waals surface area contributed by atoms with E-state index in [0.717, 1.165) is 44.6 Å². The summed E-state index contributed by atoms with van der Waals surface area (Å²) in [7, 11) is 3.25. The molecule has 3 aromatic carbocycles. The summed E-state index contributed by atoms with van der Waals surface area (Å²) in [6.45, 7) is 15.2. The van der Waals surface area contributed by atoms with Crippen molar-refractivity contribution in [1.82, 2.24) is 30.1 Å². The van der Waals surface area contributed by atoms with Crippen molar-refractivity contribution in [2.45, 2.75) is 91.4 Å². The Morgan fingerprint density at radius 1 is 1.06 bits per heavy atom. The maximum atomic E-state index is 14.7. The molecule has 4 atom stereocenters. The van der Waals surface area contributed by atoms with Crippen LogP contribution in [0.1, 0.15) is 65.0 Å². The Morgan fingerprint density at radius 2 is 1.83 bits per heavy atom. The van der Waals surface area contributed by atoms with E-state index in [4.69, 9.17) is 9.47 Å². The highest BCUT2D eigenvalue weighted by atomic mass is 16.5. The predicted molar refractivity (Wildman–Crippen MR) is 245 cm³/mol. The number of likely N-dealkylation sites (N-methyl/N-ethyl adjacent to an activating group) is 1. The van der Waals surface area contributed by atoms with E-state index in [1.165, 1.54) is 16.0 Å². The minimum absolute atomic E-state index is 0.00512. The van der Waals surface area contributed by atoms with Gasteiger partial charge in [-0.1, -0.05) is 58.5 Å². The molecule has 4 heterocycles. The predicted octanol–water partition coefficient (Wildman–Crippen LogP) is 5.88.